The number of fused-ring (bicyclic) bond motifs is 17. The molecule has 4 aliphatic rings. The molecule has 0 saturated heterocycles. The quantitative estimate of drug-likeness (QED) is 0.171. The molecular weight excluding hydrogens is 795 g/mol. The van der Waals surface area contributed by atoms with Gasteiger partial charge < -0.3 is 4.90 Å². The van der Waals surface area contributed by atoms with Crippen LogP contribution in [0.3, 0.4) is 0 Å². The van der Waals surface area contributed by atoms with Crippen LogP contribution in [0.25, 0.3) is 66.4 Å². The molecule has 1 nitrogen and oxygen atoms in total. The molecule has 0 atom stereocenters. The van der Waals surface area contributed by atoms with Crippen LogP contribution in [0.1, 0.15) is 72.2 Å². The summed E-state index contributed by atoms with van der Waals surface area (Å²) >= 11 is 0. The predicted molar refractivity (Wildman–Crippen MR) is 275 cm³/mol. The smallest absolute Gasteiger partial charge is 0.0726 e. The van der Waals surface area contributed by atoms with Gasteiger partial charge in [0, 0.05) is 27.9 Å². The lowest BCUT2D eigenvalue weighted by atomic mass is 9.70. The molecular formula is C65H47N. The fourth-order valence-electron chi connectivity index (χ4n) is 12.9. The summed E-state index contributed by atoms with van der Waals surface area (Å²) in [6, 6.07) is 80.7. The van der Waals surface area contributed by atoms with Crippen molar-refractivity contribution in [2.24, 2.45) is 0 Å². The first-order chi connectivity index (χ1) is 32.2. The van der Waals surface area contributed by atoms with Crippen molar-refractivity contribution in [2.75, 3.05) is 4.90 Å². The summed E-state index contributed by atoms with van der Waals surface area (Å²) in [4.78, 5) is 2.54. The average Bonchev–Trinajstić information content (AvgIpc) is 3.98. The first-order valence-corrected chi connectivity index (χ1v) is 23.5. The second-order valence-electron chi connectivity index (χ2n) is 20.0. The Hall–Kier alpha value is -7.74. The van der Waals surface area contributed by atoms with Crippen molar-refractivity contribution in [3.05, 3.63) is 257 Å². The first-order valence-electron chi connectivity index (χ1n) is 23.5. The van der Waals surface area contributed by atoms with Gasteiger partial charge in [0.05, 0.1) is 5.41 Å². The molecule has 312 valence electrons. The van der Waals surface area contributed by atoms with E-state index in [1.165, 1.54) is 117 Å². The molecule has 0 aliphatic heterocycles. The molecule has 14 rings (SSSR count). The highest BCUT2D eigenvalue weighted by Gasteiger charge is 2.52. The molecule has 0 radical (unpaired) electrons. The van der Waals surface area contributed by atoms with Gasteiger partial charge in [0.15, 0.2) is 0 Å². The summed E-state index contributed by atoms with van der Waals surface area (Å²) < 4.78 is 0. The van der Waals surface area contributed by atoms with E-state index in [2.05, 4.69) is 245 Å². The Labute approximate surface area is 387 Å². The lowest BCUT2D eigenvalue weighted by Crippen LogP contribution is -2.26. The summed E-state index contributed by atoms with van der Waals surface area (Å²) in [6.45, 7) is 9.60. The monoisotopic (exact) mass is 841 g/mol. The maximum absolute atomic E-state index is 2.54. The van der Waals surface area contributed by atoms with Crippen LogP contribution in [0.15, 0.2) is 212 Å². The van der Waals surface area contributed by atoms with Gasteiger partial charge in [0.1, 0.15) is 0 Å². The number of anilines is 3. The molecule has 0 bridgehead atoms. The van der Waals surface area contributed by atoms with Gasteiger partial charge in [-0.05, 0) is 159 Å². The maximum Gasteiger partial charge on any atom is 0.0726 e. The van der Waals surface area contributed by atoms with E-state index in [4.69, 9.17) is 0 Å². The Morgan fingerprint density at radius 1 is 0.258 bits per heavy atom. The molecule has 10 aromatic carbocycles. The van der Waals surface area contributed by atoms with Crippen LogP contribution < -0.4 is 4.90 Å². The fraction of sp³-hybridized carbons (Fsp3) is 0.108. The lowest BCUT2D eigenvalue weighted by Gasteiger charge is -2.33. The maximum atomic E-state index is 2.54. The minimum atomic E-state index is -0.438. The van der Waals surface area contributed by atoms with Crippen molar-refractivity contribution in [3.8, 4) is 55.6 Å². The first kappa shape index (κ1) is 37.6. The topological polar surface area (TPSA) is 3.24 Å². The van der Waals surface area contributed by atoms with Crippen molar-refractivity contribution in [3.63, 3.8) is 0 Å². The Balaban J connectivity index is 0.970. The predicted octanol–water partition coefficient (Wildman–Crippen LogP) is 16.9. The SMILES string of the molecule is CC1(C)c2ccccc2-c2ccc(N(c3ccc4c(c3)C(C)(C)c3cc(-c5ccc6ccccc6c5)ccc3-4)c3ccc4c(c3)C3(c5ccccc5-c5ccccc53)c3ccccc3-4)cc21. The van der Waals surface area contributed by atoms with Gasteiger partial charge in [-0.15, -0.1) is 0 Å². The zero-order chi connectivity index (χ0) is 44.1. The highest BCUT2D eigenvalue weighted by atomic mass is 15.1. The number of hydrogen-bond donors (Lipinski definition) is 0. The Morgan fingerprint density at radius 2 is 0.606 bits per heavy atom. The van der Waals surface area contributed by atoms with Crippen molar-refractivity contribution in [1.29, 1.82) is 0 Å². The molecule has 1 spiro atoms. The third-order valence-electron chi connectivity index (χ3n) is 16.1. The van der Waals surface area contributed by atoms with Crippen molar-refractivity contribution in [2.45, 2.75) is 43.9 Å². The molecule has 0 heterocycles. The Kier molecular flexibility index (Phi) is 7.51. The minimum absolute atomic E-state index is 0.140. The number of hydrogen-bond acceptors (Lipinski definition) is 1. The third kappa shape index (κ3) is 4.85. The molecule has 0 N–H and O–H groups in total. The molecule has 0 fully saturated rings. The highest BCUT2D eigenvalue weighted by Crippen LogP contribution is 2.64. The fourth-order valence-corrected chi connectivity index (χ4v) is 12.9. The summed E-state index contributed by atoms with van der Waals surface area (Å²) in [5.41, 5.74) is 26.7. The number of rotatable bonds is 4. The van der Waals surface area contributed by atoms with E-state index in [-0.39, 0.29) is 10.8 Å². The van der Waals surface area contributed by atoms with Crippen LogP contribution in [-0.4, -0.2) is 0 Å². The molecule has 66 heavy (non-hydrogen) atoms. The molecule has 0 saturated carbocycles. The number of nitrogens with zero attached hydrogens (tertiary/aromatic N) is 1. The van der Waals surface area contributed by atoms with Gasteiger partial charge >= 0.3 is 0 Å². The van der Waals surface area contributed by atoms with Crippen LogP contribution in [0, 0.1) is 0 Å². The van der Waals surface area contributed by atoms with Gasteiger partial charge in [-0.1, -0.05) is 191 Å². The average molecular weight is 842 g/mol. The molecule has 4 aliphatic carbocycles. The zero-order valence-corrected chi connectivity index (χ0v) is 37.7. The largest absolute Gasteiger partial charge is 0.310 e. The molecule has 0 aromatic heterocycles. The van der Waals surface area contributed by atoms with E-state index in [1.807, 2.05) is 0 Å². The molecule has 0 amide bonds. The van der Waals surface area contributed by atoms with Gasteiger partial charge in [-0.25, -0.2) is 0 Å². The van der Waals surface area contributed by atoms with Crippen LogP contribution in [0.2, 0.25) is 0 Å². The van der Waals surface area contributed by atoms with E-state index in [0.29, 0.717) is 0 Å². The van der Waals surface area contributed by atoms with E-state index >= 15 is 0 Å². The van der Waals surface area contributed by atoms with Crippen molar-refractivity contribution in [1.82, 2.24) is 0 Å². The van der Waals surface area contributed by atoms with E-state index in [0.717, 1.165) is 11.4 Å². The zero-order valence-electron chi connectivity index (χ0n) is 37.7. The molecule has 1 heteroatoms. The van der Waals surface area contributed by atoms with Gasteiger partial charge in [0.2, 0.25) is 0 Å². The van der Waals surface area contributed by atoms with Crippen molar-refractivity contribution < 1.29 is 0 Å². The van der Waals surface area contributed by atoms with E-state index < -0.39 is 5.41 Å². The molecule has 0 unspecified atom stereocenters. The normalized spacial score (nSPS) is 15.3. The molecule has 10 aromatic rings. The summed E-state index contributed by atoms with van der Waals surface area (Å²) in [7, 11) is 0. The lowest BCUT2D eigenvalue weighted by molar-refractivity contribution is 0.660. The van der Waals surface area contributed by atoms with Crippen LogP contribution in [0.5, 0.6) is 0 Å². The third-order valence-corrected chi connectivity index (χ3v) is 16.1. The van der Waals surface area contributed by atoms with Crippen molar-refractivity contribution >= 4 is 27.8 Å². The summed E-state index contributed by atoms with van der Waals surface area (Å²) in [6.07, 6.45) is 0. The standard InChI is InChI=1S/C65H47N/c1-63(2)55-21-11-7-17-47(55)52-32-28-44(37-60(52)63)66(45-29-33-53-51-31-27-43(36-59(51)64(3,4)61(53)38-45)42-26-25-40-15-5-6-16-41(40)35-42)46-30-34-54-50-20-10-14-24-58(50)65(62(54)39-46)56-22-12-8-18-48(56)49-19-9-13-23-57(49)65/h5-39H,1-4H3. The van der Waals surface area contributed by atoms with Crippen LogP contribution in [0.4, 0.5) is 17.1 Å². The highest BCUT2D eigenvalue weighted by molar-refractivity contribution is 5.97. The van der Waals surface area contributed by atoms with Crippen LogP contribution >= 0.6 is 0 Å². The second-order valence-corrected chi connectivity index (χ2v) is 20.0. The van der Waals surface area contributed by atoms with Gasteiger partial charge in [0.25, 0.3) is 0 Å². The summed E-state index contributed by atoms with van der Waals surface area (Å²) in [5.74, 6) is 0. The van der Waals surface area contributed by atoms with Crippen LogP contribution in [-0.2, 0) is 16.2 Å². The van der Waals surface area contributed by atoms with Gasteiger partial charge in [-0.2, -0.15) is 0 Å². The second kappa shape index (κ2) is 13.2. The minimum Gasteiger partial charge on any atom is -0.310 e. The Morgan fingerprint density at radius 3 is 1.15 bits per heavy atom. The Bertz CT molecular complexity index is 3670. The number of benzene rings is 10. The van der Waals surface area contributed by atoms with Gasteiger partial charge in [-0.3, -0.25) is 0 Å². The summed E-state index contributed by atoms with van der Waals surface area (Å²) in [5, 5.41) is 2.54. The van der Waals surface area contributed by atoms with E-state index in [1.54, 1.807) is 0 Å². The van der Waals surface area contributed by atoms with E-state index in [9.17, 15) is 0 Å².